The summed E-state index contributed by atoms with van der Waals surface area (Å²) in [5.74, 6) is -0.310. The molecular weight excluding hydrogens is 279 g/mol. The summed E-state index contributed by atoms with van der Waals surface area (Å²) in [5, 5.41) is 22.4. The predicted molar refractivity (Wildman–Crippen MR) is 68.6 cm³/mol. The molecule has 2 heterocycles. The van der Waals surface area contributed by atoms with E-state index >= 15 is 0 Å². The maximum absolute atomic E-state index is 13.9. The summed E-state index contributed by atoms with van der Waals surface area (Å²) < 4.78 is 15.9. The van der Waals surface area contributed by atoms with Crippen molar-refractivity contribution in [3.05, 3.63) is 63.5 Å². The van der Waals surface area contributed by atoms with Crippen LogP contribution in [0.1, 0.15) is 29.3 Å². The van der Waals surface area contributed by atoms with E-state index in [0.717, 1.165) is 18.5 Å². The Bertz CT molecular complexity index is 704. The third-order valence-electron chi connectivity index (χ3n) is 3.24. The molecule has 1 unspecified atom stereocenters. The van der Waals surface area contributed by atoms with Crippen LogP contribution in [0.25, 0.3) is 0 Å². The van der Waals surface area contributed by atoms with Gasteiger partial charge in [-0.25, -0.2) is 9.37 Å². The Hall–Kier alpha value is -2.95. The van der Waals surface area contributed by atoms with Gasteiger partial charge in [0.05, 0.1) is 24.0 Å². The van der Waals surface area contributed by atoms with Crippen molar-refractivity contribution < 1.29 is 14.7 Å². The number of rotatable bonds is 1. The number of hydrogen-bond donors (Lipinski definition) is 1. The van der Waals surface area contributed by atoms with Crippen LogP contribution in [-0.4, -0.2) is 19.8 Å². The van der Waals surface area contributed by atoms with Crippen LogP contribution in [0.3, 0.4) is 0 Å². The van der Waals surface area contributed by atoms with E-state index < -0.39 is 5.09 Å². The Morgan fingerprint density at radius 2 is 2.29 bits per heavy atom. The van der Waals surface area contributed by atoms with E-state index in [0.29, 0.717) is 11.1 Å². The van der Waals surface area contributed by atoms with Crippen molar-refractivity contribution in [3.63, 3.8) is 0 Å². The molecule has 1 aromatic carbocycles. The molecule has 1 aliphatic heterocycles. The number of nitriles is 1. The SMILES string of the molecule is N#Cc1ccc(C2CCc3cncn32)c(F)c1.O=[N+]([O-])O. The lowest BCUT2D eigenvalue weighted by Gasteiger charge is -2.14. The van der Waals surface area contributed by atoms with Gasteiger partial charge >= 0.3 is 0 Å². The zero-order valence-electron chi connectivity index (χ0n) is 10.8. The first kappa shape index (κ1) is 14.5. The van der Waals surface area contributed by atoms with Crippen LogP contribution in [0.4, 0.5) is 4.39 Å². The number of imidazole rings is 1. The lowest BCUT2D eigenvalue weighted by atomic mass is 10.0. The highest BCUT2D eigenvalue weighted by molar-refractivity contribution is 5.35. The number of benzene rings is 1. The molecule has 3 rings (SSSR count). The number of nitrogens with zero attached hydrogens (tertiary/aromatic N) is 4. The molecule has 7 nitrogen and oxygen atoms in total. The topological polar surface area (TPSA) is 105 Å². The lowest BCUT2D eigenvalue weighted by Crippen LogP contribution is -2.06. The fraction of sp³-hybridized carbons (Fsp3) is 0.231. The second-order valence-electron chi connectivity index (χ2n) is 4.43. The zero-order chi connectivity index (χ0) is 15.4. The summed E-state index contributed by atoms with van der Waals surface area (Å²) in [6.45, 7) is 0. The van der Waals surface area contributed by atoms with E-state index in [1.807, 2.05) is 16.8 Å². The standard InChI is InChI=1S/C13H10FN3.HNO3/c14-12-5-9(6-15)1-3-11(12)13-4-2-10-7-16-8-17(10)13;2-1(3)4/h1,3,5,7-8,13H,2,4H2;(H,2,3,4). The minimum Gasteiger partial charge on any atom is -0.328 e. The molecule has 0 fully saturated rings. The summed E-state index contributed by atoms with van der Waals surface area (Å²) in [7, 11) is 0. The second kappa shape index (κ2) is 6.00. The van der Waals surface area contributed by atoms with Crippen LogP contribution < -0.4 is 0 Å². The van der Waals surface area contributed by atoms with Gasteiger partial charge in [0.1, 0.15) is 5.82 Å². The van der Waals surface area contributed by atoms with Gasteiger partial charge in [0.15, 0.2) is 0 Å². The van der Waals surface area contributed by atoms with E-state index in [-0.39, 0.29) is 11.9 Å². The largest absolute Gasteiger partial charge is 0.328 e. The van der Waals surface area contributed by atoms with E-state index in [9.17, 15) is 4.39 Å². The fourth-order valence-electron chi connectivity index (χ4n) is 2.40. The van der Waals surface area contributed by atoms with Crippen molar-refractivity contribution in [1.82, 2.24) is 9.55 Å². The first-order valence-corrected chi connectivity index (χ1v) is 6.06. The minimum absolute atomic E-state index is 0.0141. The summed E-state index contributed by atoms with van der Waals surface area (Å²) in [6, 6.07) is 6.61. The molecule has 0 saturated heterocycles. The molecule has 1 aromatic heterocycles. The molecule has 1 atom stereocenters. The Kier molecular flexibility index (Phi) is 4.13. The van der Waals surface area contributed by atoms with Gasteiger partial charge < -0.3 is 9.77 Å². The van der Waals surface area contributed by atoms with Crippen molar-refractivity contribution in [3.8, 4) is 6.07 Å². The molecule has 1 N–H and O–H groups in total. The summed E-state index contributed by atoms with van der Waals surface area (Å²) in [5.41, 5.74) is 2.13. The van der Waals surface area contributed by atoms with Gasteiger partial charge in [0, 0.05) is 17.5 Å². The molecule has 2 aromatic rings. The maximum Gasteiger partial charge on any atom is 0.291 e. The van der Waals surface area contributed by atoms with Crippen molar-refractivity contribution in [2.45, 2.75) is 18.9 Å². The molecule has 0 bridgehead atoms. The molecule has 0 amide bonds. The van der Waals surface area contributed by atoms with E-state index in [2.05, 4.69) is 4.98 Å². The van der Waals surface area contributed by atoms with Crippen molar-refractivity contribution in [1.29, 1.82) is 5.26 Å². The van der Waals surface area contributed by atoms with E-state index in [1.54, 1.807) is 18.5 Å². The van der Waals surface area contributed by atoms with Gasteiger partial charge in [-0.1, -0.05) is 6.07 Å². The molecular formula is C13H11FN4O3. The molecule has 0 saturated carbocycles. The van der Waals surface area contributed by atoms with Gasteiger partial charge in [0.25, 0.3) is 5.09 Å². The highest BCUT2D eigenvalue weighted by Gasteiger charge is 2.25. The molecule has 108 valence electrons. The second-order valence-corrected chi connectivity index (χ2v) is 4.43. The predicted octanol–water partition coefficient (Wildman–Crippen LogP) is 2.08. The van der Waals surface area contributed by atoms with Gasteiger partial charge in [-0.2, -0.15) is 5.26 Å². The van der Waals surface area contributed by atoms with Gasteiger partial charge in [-0.3, -0.25) is 0 Å². The minimum atomic E-state index is -1.50. The molecule has 1 aliphatic rings. The first-order valence-electron chi connectivity index (χ1n) is 6.06. The molecule has 0 radical (unpaired) electrons. The van der Waals surface area contributed by atoms with Crippen LogP contribution in [0, 0.1) is 27.3 Å². The van der Waals surface area contributed by atoms with Crippen molar-refractivity contribution in [2.75, 3.05) is 0 Å². The quantitative estimate of drug-likeness (QED) is 0.639. The van der Waals surface area contributed by atoms with Crippen LogP contribution >= 0.6 is 0 Å². The van der Waals surface area contributed by atoms with Gasteiger partial charge in [0.2, 0.25) is 0 Å². The Balaban J connectivity index is 0.000000361. The highest BCUT2D eigenvalue weighted by atomic mass is 19.1. The Morgan fingerprint density at radius 3 is 2.90 bits per heavy atom. The Morgan fingerprint density at radius 1 is 1.57 bits per heavy atom. The van der Waals surface area contributed by atoms with Crippen LogP contribution in [0.2, 0.25) is 0 Å². The maximum atomic E-state index is 13.9. The monoisotopic (exact) mass is 290 g/mol. The summed E-state index contributed by atoms with van der Waals surface area (Å²) in [6.07, 6.45) is 5.37. The van der Waals surface area contributed by atoms with Crippen LogP contribution in [0.15, 0.2) is 30.7 Å². The third-order valence-corrected chi connectivity index (χ3v) is 3.24. The van der Waals surface area contributed by atoms with Crippen molar-refractivity contribution in [2.24, 2.45) is 0 Å². The lowest BCUT2D eigenvalue weighted by molar-refractivity contribution is -0.742. The van der Waals surface area contributed by atoms with E-state index in [4.69, 9.17) is 20.6 Å². The summed E-state index contributed by atoms with van der Waals surface area (Å²) in [4.78, 5) is 12.4. The number of aryl methyl sites for hydroxylation is 1. The molecule has 0 spiro atoms. The number of hydrogen-bond acceptors (Lipinski definition) is 4. The zero-order valence-corrected chi connectivity index (χ0v) is 10.8. The Labute approximate surface area is 119 Å². The molecule has 21 heavy (non-hydrogen) atoms. The third kappa shape index (κ3) is 3.14. The number of halogens is 1. The van der Waals surface area contributed by atoms with Crippen LogP contribution in [-0.2, 0) is 6.42 Å². The first-order chi connectivity index (χ1) is 10.0. The van der Waals surface area contributed by atoms with Crippen molar-refractivity contribution >= 4 is 0 Å². The summed E-state index contributed by atoms with van der Waals surface area (Å²) >= 11 is 0. The van der Waals surface area contributed by atoms with Gasteiger partial charge in [-0.15, -0.1) is 10.1 Å². The fourth-order valence-corrected chi connectivity index (χ4v) is 2.40. The number of fused-ring (bicyclic) bond motifs is 1. The smallest absolute Gasteiger partial charge is 0.291 e. The average molecular weight is 290 g/mol. The molecule has 8 heteroatoms. The van der Waals surface area contributed by atoms with Gasteiger partial charge in [-0.05, 0) is 25.0 Å². The normalized spacial score (nSPS) is 15.5. The van der Waals surface area contributed by atoms with E-state index in [1.165, 1.54) is 6.07 Å². The number of aromatic nitrogens is 2. The average Bonchev–Trinajstić information content (AvgIpc) is 3.01. The molecule has 0 aliphatic carbocycles. The van der Waals surface area contributed by atoms with Crippen LogP contribution in [0.5, 0.6) is 0 Å². The highest BCUT2D eigenvalue weighted by Crippen LogP contribution is 2.32.